The number of amides is 3. The molecule has 0 radical (unpaired) electrons. The quantitative estimate of drug-likeness (QED) is 0.613. The number of nitrogens with one attached hydrogen (secondary N) is 1. The molecule has 0 spiro atoms. The molecule has 3 amide bonds. The van der Waals surface area contributed by atoms with Crippen molar-refractivity contribution in [1.29, 1.82) is 0 Å². The molecule has 0 aromatic carbocycles. The number of likely N-dealkylation sites (tertiary alicyclic amines) is 1. The van der Waals surface area contributed by atoms with Gasteiger partial charge in [-0.1, -0.05) is 0 Å². The normalized spacial score (nSPS) is 19.7. The standard InChI is InChI=1S/C13H21N3O6/c1-13(2,3)22-12(21)15-8(11(19)20)6-16-5-7(10(14)18)4-9(16)17/h7-8H,4-6H2,1-3H3,(H2,14,18)(H,15,21)(H,19,20)/t7?,8-/m0/s1. The Kier molecular flexibility index (Phi) is 5.34. The first-order valence-electron chi connectivity index (χ1n) is 6.79. The van der Waals surface area contributed by atoms with Crippen LogP contribution in [-0.4, -0.2) is 58.6 Å². The maximum absolute atomic E-state index is 11.7. The van der Waals surface area contributed by atoms with Gasteiger partial charge in [0.05, 0.1) is 12.5 Å². The zero-order valence-electron chi connectivity index (χ0n) is 12.8. The van der Waals surface area contributed by atoms with Crippen LogP contribution < -0.4 is 11.1 Å². The third kappa shape index (κ3) is 5.23. The van der Waals surface area contributed by atoms with Gasteiger partial charge < -0.3 is 25.8 Å². The van der Waals surface area contributed by atoms with Gasteiger partial charge in [0, 0.05) is 13.0 Å². The summed E-state index contributed by atoms with van der Waals surface area (Å²) in [5.41, 5.74) is 4.37. The smallest absolute Gasteiger partial charge is 0.408 e. The molecular weight excluding hydrogens is 294 g/mol. The molecule has 9 heteroatoms. The van der Waals surface area contributed by atoms with Crippen molar-refractivity contribution < 1.29 is 29.0 Å². The Morgan fingerprint density at radius 2 is 2.05 bits per heavy atom. The molecule has 9 nitrogen and oxygen atoms in total. The fourth-order valence-electron chi connectivity index (χ4n) is 1.99. The van der Waals surface area contributed by atoms with E-state index in [1.165, 1.54) is 4.90 Å². The molecule has 124 valence electrons. The van der Waals surface area contributed by atoms with Crippen molar-refractivity contribution in [2.75, 3.05) is 13.1 Å². The minimum atomic E-state index is -1.33. The number of nitrogens with zero attached hydrogens (tertiary/aromatic N) is 1. The molecule has 1 heterocycles. The minimum absolute atomic E-state index is 0.0475. The van der Waals surface area contributed by atoms with Crippen LogP contribution in [0.2, 0.25) is 0 Å². The third-order valence-electron chi connectivity index (χ3n) is 3.01. The molecule has 0 bridgehead atoms. The highest BCUT2D eigenvalue weighted by molar-refractivity contribution is 5.89. The highest BCUT2D eigenvalue weighted by atomic mass is 16.6. The number of hydrogen-bond donors (Lipinski definition) is 3. The Bertz CT molecular complexity index is 485. The zero-order valence-corrected chi connectivity index (χ0v) is 12.8. The molecule has 0 aromatic rings. The summed E-state index contributed by atoms with van der Waals surface area (Å²) in [7, 11) is 0. The second kappa shape index (κ2) is 6.63. The van der Waals surface area contributed by atoms with E-state index in [-0.39, 0.29) is 25.4 Å². The Hall–Kier alpha value is -2.32. The molecule has 0 saturated carbocycles. The van der Waals surface area contributed by atoms with E-state index in [2.05, 4.69) is 5.32 Å². The fraction of sp³-hybridized carbons (Fsp3) is 0.692. The van der Waals surface area contributed by atoms with Gasteiger partial charge in [0.2, 0.25) is 11.8 Å². The number of carbonyl (C=O) groups is 4. The van der Waals surface area contributed by atoms with Gasteiger partial charge in [-0.05, 0) is 20.8 Å². The van der Waals surface area contributed by atoms with Crippen molar-refractivity contribution in [3.05, 3.63) is 0 Å². The Morgan fingerprint density at radius 3 is 2.45 bits per heavy atom. The average molecular weight is 315 g/mol. The van der Waals surface area contributed by atoms with E-state index in [9.17, 15) is 19.2 Å². The van der Waals surface area contributed by atoms with Crippen molar-refractivity contribution >= 4 is 23.9 Å². The molecule has 1 aliphatic rings. The summed E-state index contributed by atoms with van der Waals surface area (Å²) in [4.78, 5) is 46.9. The van der Waals surface area contributed by atoms with Gasteiger partial charge in [-0.25, -0.2) is 9.59 Å². The number of primary amides is 1. The number of nitrogens with two attached hydrogens (primary N) is 1. The highest BCUT2D eigenvalue weighted by Gasteiger charge is 2.36. The molecule has 1 aliphatic heterocycles. The maximum atomic E-state index is 11.7. The van der Waals surface area contributed by atoms with Gasteiger partial charge in [0.15, 0.2) is 0 Å². The van der Waals surface area contributed by atoms with E-state index in [0.29, 0.717) is 0 Å². The number of ether oxygens (including phenoxy) is 1. The number of alkyl carbamates (subject to hydrolysis) is 1. The Labute approximate surface area is 127 Å². The largest absolute Gasteiger partial charge is 0.480 e. The first-order valence-corrected chi connectivity index (χ1v) is 6.79. The van der Waals surface area contributed by atoms with Gasteiger partial charge in [-0.2, -0.15) is 0 Å². The molecular formula is C13H21N3O6. The highest BCUT2D eigenvalue weighted by Crippen LogP contribution is 2.17. The second-order valence-corrected chi connectivity index (χ2v) is 6.14. The van der Waals surface area contributed by atoms with Crippen LogP contribution in [0.25, 0.3) is 0 Å². The minimum Gasteiger partial charge on any atom is -0.480 e. The van der Waals surface area contributed by atoms with Gasteiger partial charge in [0.1, 0.15) is 11.6 Å². The summed E-state index contributed by atoms with van der Waals surface area (Å²) in [6, 6.07) is -1.33. The van der Waals surface area contributed by atoms with Gasteiger partial charge in [-0.3, -0.25) is 9.59 Å². The van der Waals surface area contributed by atoms with E-state index in [1.54, 1.807) is 20.8 Å². The summed E-state index contributed by atoms with van der Waals surface area (Å²) in [5, 5.41) is 11.3. The predicted molar refractivity (Wildman–Crippen MR) is 74.7 cm³/mol. The van der Waals surface area contributed by atoms with Crippen LogP contribution in [0.5, 0.6) is 0 Å². The van der Waals surface area contributed by atoms with Crippen molar-refractivity contribution in [3.8, 4) is 0 Å². The van der Waals surface area contributed by atoms with Crippen LogP contribution in [0.3, 0.4) is 0 Å². The van der Waals surface area contributed by atoms with Gasteiger partial charge in [0.25, 0.3) is 0 Å². The Morgan fingerprint density at radius 1 is 1.45 bits per heavy atom. The monoisotopic (exact) mass is 315 g/mol. The zero-order chi connectivity index (χ0) is 17.1. The van der Waals surface area contributed by atoms with Gasteiger partial charge in [-0.15, -0.1) is 0 Å². The lowest BCUT2D eigenvalue weighted by atomic mass is 10.1. The van der Waals surface area contributed by atoms with Crippen LogP contribution >= 0.6 is 0 Å². The van der Waals surface area contributed by atoms with E-state index in [1.807, 2.05) is 0 Å². The summed E-state index contributed by atoms with van der Waals surface area (Å²) >= 11 is 0. The molecule has 1 fully saturated rings. The molecule has 22 heavy (non-hydrogen) atoms. The van der Waals surface area contributed by atoms with Crippen molar-refractivity contribution in [3.63, 3.8) is 0 Å². The molecule has 1 saturated heterocycles. The third-order valence-corrected chi connectivity index (χ3v) is 3.01. The predicted octanol–water partition coefficient (Wildman–Crippen LogP) is -0.702. The number of carboxylic acids is 1. The van der Waals surface area contributed by atoms with E-state index >= 15 is 0 Å². The van der Waals surface area contributed by atoms with Crippen LogP contribution in [-0.2, 0) is 19.1 Å². The second-order valence-electron chi connectivity index (χ2n) is 6.14. The topological polar surface area (TPSA) is 139 Å². The first kappa shape index (κ1) is 17.7. The molecule has 0 aromatic heterocycles. The lowest BCUT2D eigenvalue weighted by Gasteiger charge is -2.24. The van der Waals surface area contributed by atoms with E-state index < -0.39 is 35.5 Å². The molecule has 1 unspecified atom stereocenters. The number of carbonyl (C=O) groups excluding carboxylic acids is 3. The van der Waals surface area contributed by atoms with Crippen LogP contribution in [0, 0.1) is 5.92 Å². The summed E-state index contributed by atoms with van der Waals surface area (Å²) in [6.45, 7) is 4.72. The number of hydrogen-bond acceptors (Lipinski definition) is 5. The van der Waals surface area contributed by atoms with Crippen molar-refractivity contribution in [2.45, 2.75) is 38.8 Å². The number of rotatable bonds is 5. The number of aliphatic carboxylic acids is 1. The molecule has 4 N–H and O–H groups in total. The van der Waals surface area contributed by atoms with Crippen molar-refractivity contribution in [2.24, 2.45) is 11.7 Å². The molecule has 0 aliphatic carbocycles. The SMILES string of the molecule is CC(C)(C)OC(=O)N[C@@H](CN1CC(C(N)=O)CC1=O)C(=O)O. The lowest BCUT2D eigenvalue weighted by Crippen LogP contribution is -2.50. The summed E-state index contributed by atoms with van der Waals surface area (Å²) < 4.78 is 4.98. The van der Waals surface area contributed by atoms with E-state index in [0.717, 1.165) is 0 Å². The van der Waals surface area contributed by atoms with E-state index in [4.69, 9.17) is 15.6 Å². The molecule has 1 rings (SSSR count). The van der Waals surface area contributed by atoms with Crippen LogP contribution in [0.15, 0.2) is 0 Å². The lowest BCUT2D eigenvalue weighted by molar-refractivity contribution is -0.140. The molecule has 2 atom stereocenters. The Balaban J connectivity index is 2.66. The maximum Gasteiger partial charge on any atom is 0.408 e. The fourth-order valence-corrected chi connectivity index (χ4v) is 1.99. The van der Waals surface area contributed by atoms with Crippen molar-refractivity contribution in [1.82, 2.24) is 10.2 Å². The van der Waals surface area contributed by atoms with Crippen LogP contribution in [0.1, 0.15) is 27.2 Å². The van der Waals surface area contributed by atoms with Crippen LogP contribution in [0.4, 0.5) is 4.79 Å². The van der Waals surface area contributed by atoms with Gasteiger partial charge >= 0.3 is 12.1 Å². The average Bonchev–Trinajstić information content (AvgIpc) is 2.67. The number of carboxylic acid groups (broad SMARTS) is 1. The summed E-state index contributed by atoms with van der Waals surface area (Å²) in [5.74, 6) is -2.92. The summed E-state index contributed by atoms with van der Waals surface area (Å²) in [6.07, 6.45) is -0.938. The first-order chi connectivity index (χ1) is 9.99.